The number of hydrogen-bond donors (Lipinski definition) is 1. The smallest absolute Gasteiger partial charge is 0.306 e. The summed E-state index contributed by atoms with van der Waals surface area (Å²) < 4.78 is 5.17. The van der Waals surface area contributed by atoms with Crippen molar-refractivity contribution in [3.63, 3.8) is 0 Å². The maximum atomic E-state index is 12.0. The Morgan fingerprint density at radius 2 is 1.68 bits per heavy atom. The molecule has 160 valence electrons. The van der Waals surface area contributed by atoms with Gasteiger partial charge in [0.1, 0.15) is 6.61 Å². The van der Waals surface area contributed by atoms with Crippen LogP contribution in [0.4, 0.5) is 11.4 Å². The number of hydrogen-bond acceptors (Lipinski definition) is 7. The minimum Gasteiger partial charge on any atom is -0.461 e. The van der Waals surface area contributed by atoms with Crippen molar-refractivity contribution in [3.05, 3.63) is 81.4 Å². The van der Waals surface area contributed by atoms with Crippen LogP contribution in [0.5, 0.6) is 0 Å². The average molecular weight is 424 g/mol. The normalized spacial score (nSPS) is 13.0. The summed E-state index contributed by atoms with van der Waals surface area (Å²) in [4.78, 5) is 46.9. The zero-order chi connectivity index (χ0) is 22.4. The molecule has 1 N–H and O–H groups in total. The van der Waals surface area contributed by atoms with Crippen LogP contribution in [-0.4, -0.2) is 27.8 Å². The molecular weight excluding hydrogens is 404 g/mol. The van der Waals surface area contributed by atoms with Crippen molar-refractivity contribution in [2.45, 2.75) is 32.5 Å². The third-order valence-electron chi connectivity index (χ3n) is 4.77. The highest BCUT2D eigenvalue weighted by molar-refractivity contribution is 6.28. The van der Waals surface area contributed by atoms with E-state index in [0.717, 1.165) is 10.5 Å². The average Bonchev–Trinajstić information content (AvgIpc) is 3.10. The van der Waals surface area contributed by atoms with Crippen LogP contribution < -0.4 is 4.90 Å². The van der Waals surface area contributed by atoms with Crippen molar-refractivity contribution >= 4 is 29.2 Å². The zero-order valence-corrected chi connectivity index (χ0v) is 16.5. The van der Waals surface area contributed by atoms with Gasteiger partial charge in [0.25, 0.3) is 17.5 Å². The van der Waals surface area contributed by atoms with Crippen LogP contribution in [0.3, 0.4) is 0 Å². The molecule has 1 aliphatic heterocycles. The summed E-state index contributed by atoms with van der Waals surface area (Å²) >= 11 is 0. The van der Waals surface area contributed by atoms with Gasteiger partial charge >= 0.3 is 5.97 Å². The van der Waals surface area contributed by atoms with E-state index >= 15 is 0 Å². The van der Waals surface area contributed by atoms with Gasteiger partial charge < -0.3 is 9.84 Å². The second-order valence-electron chi connectivity index (χ2n) is 6.90. The molecule has 1 aliphatic rings. The second-order valence-corrected chi connectivity index (χ2v) is 6.90. The third-order valence-corrected chi connectivity index (χ3v) is 4.77. The Balaban J connectivity index is 1.45. The second kappa shape index (κ2) is 9.77. The number of amides is 2. The molecule has 31 heavy (non-hydrogen) atoms. The highest BCUT2D eigenvalue weighted by Gasteiger charge is 2.24. The van der Waals surface area contributed by atoms with Gasteiger partial charge in [0.15, 0.2) is 0 Å². The summed E-state index contributed by atoms with van der Waals surface area (Å²) in [5, 5.41) is 20.2. The molecule has 1 heterocycles. The van der Waals surface area contributed by atoms with Gasteiger partial charge in [0.05, 0.1) is 22.8 Å². The molecule has 0 saturated carbocycles. The molecule has 0 spiro atoms. The SMILES string of the molecule is O=C(CCCc1ccc(N2C(=O)C=CC2=O)cc1)OCc1ccc(CO)c([N+](=O)[O-])c1. The molecule has 0 bridgehead atoms. The van der Waals surface area contributed by atoms with E-state index in [4.69, 9.17) is 9.84 Å². The lowest BCUT2D eigenvalue weighted by molar-refractivity contribution is -0.385. The number of nitrogens with zero attached hydrogens (tertiary/aromatic N) is 2. The van der Waals surface area contributed by atoms with Crippen LogP contribution >= 0.6 is 0 Å². The number of anilines is 1. The molecular formula is C22H20N2O7. The number of ether oxygens (including phenoxy) is 1. The van der Waals surface area contributed by atoms with Crippen molar-refractivity contribution in [3.8, 4) is 0 Å². The largest absolute Gasteiger partial charge is 0.461 e. The molecule has 0 aliphatic carbocycles. The lowest BCUT2D eigenvalue weighted by Gasteiger charge is -2.14. The van der Waals surface area contributed by atoms with E-state index < -0.39 is 17.5 Å². The van der Waals surface area contributed by atoms with Crippen LogP contribution in [0.25, 0.3) is 0 Å². The fourth-order valence-electron chi connectivity index (χ4n) is 3.14. The van der Waals surface area contributed by atoms with Gasteiger partial charge in [-0.15, -0.1) is 0 Å². The Bertz CT molecular complexity index is 1030. The highest BCUT2D eigenvalue weighted by atomic mass is 16.6. The first-order chi connectivity index (χ1) is 14.9. The quantitative estimate of drug-likeness (QED) is 0.284. The number of imide groups is 1. The Morgan fingerprint density at radius 3 is 2.29 bits per heavy atom. The van der Waals surface area contributed by atoms with E-state index in [9.17, 15) is 24.5 Å². The van der Waals surface area contributed by atoms with Crippen molar-refractivity contribution in [2.24, 2.45) is 0 Å². The number of benzene rings is 2. The number of nitro groups is 1. The van der Waals surface area contributed by atoms with Gasteiger partial charge in [-0.25, -0.2) is 4.90 Å². The predicted octanol–water partition coefficient (Wildman–Crippen LogP) is 2.58. The minimum absolute atomic E-state index is 0.0913. The number of aliphatic hydroxyl groups is 1. The van der Waals surface area contributed by atoms with E-state index in [0.29, 0.717) is 24.1 Å². The number of aliphatic hydroxyl groups excluding tert-OH is 1. The van der Waals surface area contributed by atoms with Gasteiger partial charge in [-0.3, -0.25) is 24.5 Å². The molecule has 2 aromatic carbocycles. The van der Waals surface area contributed by atoms with E-state index in [1.54, 1.807) is 30.3 Å². The van der Waals surface area contributed by atoms with Crippen LogP contribution in [0.2, 0.25) is 0 Å². The highest BCUT2D eigenvalue weighted by Crippen LogP contribution is 2.22. The Morgan fingerprint density at radius 1 is 1.03 bits per heavy atom. The molecule has 0 fully saturated rings. The Hall–Kier alpha value is -3.85. The number of carbonyl (C=O) groups is 3. The number of carbonyl (C=O) groups excluding carboxylic acids is 3. The first-order valence-electron chi connectivity index (χ1n) is 9.57. The van der Waals surface area contributed by atoms with E-state index in [2.05, 4.69) is 0 Å². The molecule has 2 amide bonds. The van der Waals surface area contributed by atoms with Crippen molar-refractivity contribution in [2.75, 3.05) is 4.90 Å². The van der Waals surface area contributed by atoms with Gasteiger partial charge in [-0.2, -0.15) is 0 Å². The molecule has 0 atom stereocenters. The van der Waals surface area contributed by atoms with Crippen LogP contribution in [0, 0.1) is 10.1 Å². The summed E-state index contributed by atoms with van der Waals surface area (Å²) in [5.74, 6) is -1.18. The van der Waals surface area contributed by atoms with Crippen LogP contribution in [-0.2, 0) is 38.8 Å². The number of rotatable bonds is 9. The molecule has 9 heteroatoms. The predicted molar refractivity (Wildman–Crippen MR) is 110 cm³/mol. The van der Waals surface area contributed by atoms with Crippen molar-refractivity contribution < 1.29 is 29.2 Å². The molecule has 3 rings (SSSR count). The van der Waals surface area contributed by atoms with E-state index in [1.807, 2.05) is 0 Å². The van der Waals surface area contributed by atoms with E-state index in [1.165, 1.54) is 24.3 Å². The lowest BCUT2D eigenvalue weighted by Crippen LogP contribution is -2.29. The first-order valence-corrected chi connectivity index (χ1v) is 9.57. The van der Waals surface area contributed by atoms with Crippen molar-refractivity contribution in [1.82, 2.24) is 0 Å². The molecule has 0 aromatic heterocycles. The topological polar surface area (TPSA) is 127 Å². The maximum absolute atomic E-state index is 12.0. The fourth-order valence-corrected chi connectivity index (χ4v) is 3.14. The maximum Gasteiger partial charge on any atom is 0.306 e. The van der Waals surface area contributed by atoms with Crippen LogP contribution in [0.15, 0.2) is 54.6 Å². The summed E-state index contributed by atoms with van der Waals surface area (Å²) in [6.07, 6.45) is 3.75. The van der Waals surface area contributed by atoms with Gasteiger partial charge in [0.2, 0.25) is 0 Å². The lowest BCUT2D eigenvalue weighted by atomic mass is 10.1. The zero-order valence-electron chi connectivity index (χ0n) is 16.5. The molecule has 9 nitrogen and oxygen atoms in total. The molecule has 0 unspecified atom stereocenters. The molecule has 0 radical (unpaired) electrons. The third kappa shape index (κ3) is 5.40. The summed E-state index contributed by atoms with van der Waals surface area (Å²) in [5.41, 5.74) is 1.88. The Kier molecular flexibility index (Phi) is 6.88. The number of nitro benzene ring substituents is 1. The van der Waals surface area contributed by atoms with Gasteiger partial charge in [-0.05, 0) is 42.2 Å². The summed E-state index contributed by atoms with van der Waals surface area (Å²) in [6.45, 7) is -0.537. The fraction of sp³-hybridized carbons (Fsp3) is 0.227. The standard InChI is InChI=1S/C22H20N2O7/c25-13-17-7-4-16(12-19(17)24(29)30)14-31-22(28)3-1-2-15-5-8-18(9-6-15)23-20(26)10-11-21(23)27/h4-12,25H,1-3,13-14H2. The van der Waals surface area contributed by atoms with Crippen LogP contribution in [0.1, 0.15) is 29.5 Å². The summed E-state index contributed by atoms with van der Waals surface area (Å²) in [7, 11) is 0. The Labute approximate surface area is 177 Å². The monoisotopic (exact) mass is 424 g/mol. The summed E-state index contributed by atoms with van der Waals surface area (Å²) in [6, 6.07) is 11.2. The van der Waals surface area contributed by atoms with Crippen molar-refractivity contribution in [1.29, 1.82) is 0 Å². The van der Waals surface area contributed by atoms with Gasteiger partial charge in [-0.1, -0.05) is 18.2 Å². The number of aryl methyl sites for hydroxylation is 1. The molecule has 2 aromatic rings. The van der Waals surface area contributed by atoms with E-state index in [-0.39, 0.29) is 36.1 Å². The van der Waals surface area contributed by atoms with Gasteiger partial charge in [0, 0.05) is 24.6 Å². The molecule has 0 saturated heterocycles. The minimum atomic E-state index is -0.589. The number of esters is 1. The first kappa shape index (κ1) is 21.8.